The van der Waals surface area contributed by atoms with Gasteiger partial charge in [0.2, 0.25) is 0 Å². The normalized spacial score (nSPS) is 22.5. The number of pyridine rings is 1. The largest absolute Gasteiger partial charge is 0.365 e. The minimum absolute atomic E-state index is 0.280. The molecular weight excluding hydrogens is 360 g/mol. The number of aromatic nitrogens is 1. The van der Waals surface area contributed by atoms with E-state index in [-0.39, 0.29) is 5.41 Å². The number of primary amides is 1. The summed E-state index contributed by atoms with van der Waals surface area (Å²) in [5.41, 5.74) is 9.18. The van der Waals surface area contributed by atoms with Gasteiger partial charge in [-0.3, -0.25) is 9.69 Å². The molecule has 1 aromatic carbocycles. The van der Waals surface area contributed by atoms with Gasteiger partial charge in [-0.05, 0) is 55.0 Å². The Kier molecular flexibility index (Phi) is 5.59. The Morgan fingerprint density at radius 2 is 1.93 bits per heavy atom. The minimum atomic E-state index is -0.399. The van der Waals surface area contributed by atoms with Crippen LogP contribution >= 0.6 is 0 Å². The summed E-state index contributed by atoms with van der Waals surface area (Å²) in [5.74, 6) is 0.922. The van der Waals surface area contributed by atoms with Gasteiger partial charge in [0.15, 0.2) is 0 Å². The molecule has 1 amide bonds. The number of hydrogen-bond acceptors (Lipinski definition) is 4. The van der Waals surface area contributed by atoms with Gasteiger partial charge in [-0.2, -0.15) is 0 Å². The lowest BCUT2D eigenvalue weighted by atomic mass is 9.79. The summed E-state index contributed by atoms with van der Waals surface area (Å²) < 4.78 is 0. The molecule has 2 aliphatic heterocycles. The Bertz CT molecular complexity index is 863. The van der Waals surface area contributed by atoms with Gasteiger partial charge in [-0.15, -0.1) is 0 Å². The second kappa shape index (κ2) is 8.15. The molecule has 2 N–H and O–H groups in total. The van der Waals surface area contributed by atoms with Crippen molar-refractivity contribution in [2.75, 3.05) is 31.1 Å². The molecule has 0 bridgehead atoms. The monoisotopic (exact) mass is 392 g/mol. The molecule has 4 rings (SSSR count). The van der Waals surface area contributed by atoms with Crippen molar-refractivity contribution < 1.29 is 4.79 Å². The second-order valence-corrected chi connectivity index (χ2v) is 9.12. The molecule has 0 saturated carbocycles. The summed E-state index contributed by atoms with van der Waals surface area (Å²) in [6.07, 6.45) is 5.36. The zero-order valence-corrected chi connectivity index (χ0v) is 17.6. The number of likely N-dealkylation sites (tertiary alicyclic amines) is 1. The molecule has 5 nitrogen and oxygen atoms in total. The Balaban J connectivity index is 1.44. The summed E-state index contributed by atoms with van der Waals surface area (Å²) in [6.45, 7) is 9.64. The third-order valence-corrected chi connectivity index (χ3v) is 6.58. The van der Waals surface area contributed by atoms with Gasteiger partial charge in [-0.25, -0.2) is 4.98 Å². The number of benzene rings is 1. The number of nitrogens with two attached hydrogens (primary N) is 1. The van der Waals surface area contributed by atoms with Crippen LogP contribution in [0.3, 0.4) is 0 Å². The highest BCUT2D eigenvalue weighted by atomic mass is 16.1. The Morgan fingerprint density at radius 1 is 1.14 bits per heavy atom. The lowest BCUT2D eigenvalue weighted by Crippen LogP contribution is -2.44. The van der Waals surface area contributed by atoms with Gasteiger partial charge in [-0.1, -0.05) is 38.1 Å². The standard InChI is InChI=1S/C24H32N4O/c1-18(2)20-8-6-19(7-9-20)15-27-13-4-10-24(16-27)11-14-28(17-24)23-21(22(25)29)5-3-12-26-23/h3,5-9,12,18H,4,10-11,13-17H2,1-2H3,(H2,25,29)/t24-/m0/s1. The van der Waals surface area contributed by atoms with Crippen LogP contribution < -0.4 is 10.6 Å². The van der Waals surface area contributed by atoms with E-state index in [2.05, 4.69) is 52.9 Å². The molecule has 1 atom stereocenters. The average Bonchev–Trinajstić information content (AvgIpc) is 3.11. The highest BCUT2D eigenvalue weighted by molar-refractivity contribution is 5.97. The van der Waals surface area contributed by atoms with Crippen LogP contribution in [0.1, 0.15) is 60.5 Å². The fourth-order valence-electron chi connectivity index (χ4n) is 5.00. The van der Waals surface area contributed by atoms with Crippen molar-refractivity contribution in [1.82, 2.24) is 9.88 Å². The number of rotatable bonds is 5. The maximum Gasteiger partial charge on any atom is 0.252 e. The summed E-state index contributed by atoms with van der Waals surface area (Å²) in [4.78, 5) is 21.2. The van der Waals surface area contributed by atoms with E-state index >= 15 is 0 Å². The predicted molar refractivity (Wildman–Crippen MR) is 117 cm³/mol. The Hall–Kier alpha value is -2.40. The van der Waals surface area contributed by atoms with Crippen molar-refractivity contribution in [3.05, 3.63) is 59.3 Å². The molecule has 154 valence electrons. The molecule has 2 aromatic rings. The van der Waals surface area contributed by atoms with Crippen molar-refractivity contribution >= 4 is 11.7 Å². The van der Waals surface area contributed by atoms with Crippen LogP contribution in [-0.2, 0) is 6.54 Å². The smallest absolute Gasteiger partial charge is 0.252 e. The van der Waals surface area contributed by atoms with Crippen molar-refractivity contribution in [1.29, 1.82) is 0 Å². The average molecular weight is 393 g/mol. The quantitative estimate of drug-likeness (QED) is 0.841. The summed E-state index contributed by atoms with van der Waals surface area (Å²) in [5, 5.41) is 0. The topological polar surface area (TPSA) is 62.5 Å². The number of amides is 1. The van der Waals surface area contributed by atoms with Gasteiger partial charge in [0.05, 0.1) is 5.56 Å². The molecule has 2 saturated heterocycles. The molecular formula is C24H32N4O. The van der Waals surface area contributed by atoms with E-state index in [1.165, 1.54) is 24.0 Å². The van der Waals surface area contributed by atoms with Crippen LogP contribution in [0.25, 0.3) is 0 Å². The van der Waals surface area contributed by atoms with Crippen LogP contribution in [0, 0.1) is 5.41 Å². The predicted octanol–water partition coefficient (Wildman–Crippen LogP) is 3.80. The van der Waals surface area contributed by atoms with E-state index in [9.17, 15) is 4.79 Å². The van der Waals surface area contributed by atoms with Crippen LogP contribution in [-0.4, -0.2) is 42.0 Å². The number of carbonyl (C=O) groups excluding carboxylic acids is 1. The van der Waals surface area contributed by atoms with E-state index in [4.69, 9.17) is 5.73 Å². The van der Waals surface area contributed by atoms with E-state index in [1.807, 2.05) is 0 Å². The highest BCUT2D eigenvalue weighted by Gasteiger charge is 2.42. The van der Waals surface area contributed by atoms with Gasteiger partial charge >= 0.3 is 0 Å². The number of piperidine rings is 1. The van der Waals surface area contributed by atoms with Gasteiger partial charge in [0.1, 0.15) is 5.82 Å². The lowest BCUT2D eigenvalue weighted by Gasteiger charge is -2.40. The number of carbonyl (C=O) groups is 1. The zero-order chi connectivity index (χ0) is 20.4. The van der Waals surface area contributed by atoms with Crippen molar-refractivity contribution in [2.24, 2.45) is 11.1 Å². The SMILES string of the molecule is CC(C)c1ccc(CN2CCC[C@]3(CCN(c4ncccc4C(N)=O)C3)C2)cc1. The first kappa shape index (κ1) is 19.9. The molecule has 29 heavy (non-hydrogen) atoms. The second-order valence-electron chi connectivity index (χ2n) is 9.12. The summed E-state index contributed by atoms with van der Waals surface area (Å²) in [7, 11) is 0. The van der Waals surface area contributed by atoms with E-state index in [1.54, 1.807) is 18.3 Å². The molecule has 1 spiro atoms. The maximum absolute atomic E-state index is 11.8. The van der Waals surface area contributed by atoms with Gasteiger partial charge < -0.3 is 10.6 Å². The number of nitrogens with zero attached hydrogens (tertiary/aromatic N) is 3. The van der Waals surface area contributed by atoms with Crippen LogP contribution in [0.4, 0.5) is 5.82 Å². The molecule has 2 fully saturated rings. The first-order valence-electron chi connectivity index (χ1n) is 10.8. The fraction of sp³-hybridized carbons (Fsp3) is 0.500. The van der Waals surface area contributed by atoms with Crippen molar-refractivity contribution in [3.8, 4) is 0 Å². The Morgan fingerprint density at radius 3 is 2.66 bits per heavy atom. The molecule has 5 heteroatoms. The van der Waals surface area contributed by atoms with E-state index < -0.39 is 5.91 Å². The van der Waals surface area contributed by atoms with Crippen molar-refractivity contribution in [2.45, 2.75) is 45.6 Å². The van der Waals surface area contributed by atoms with Crippen LogP contribution in [0.2, 0.25) is 0 Å². The number of anilines is 1. The highest BCUT2D eigenvalue weighted by Crippen LogP contribution is 2.41. The summed E-state index contributed by atoms with van der Waals surface area (Å²) >= 11 is 0. The maximum atomic E-state index is 11.8. The molecule has 0 unspecified atom stereocenters. The Labute approximate surface area is 173 Å². The van der Waals surface area contributed by atoms with Crippen LogP contribution in [0.5, 0.6) is 0 Å². The number of hydrogen-bond donors (Lipinski definition) is 1. The third kappa shape index (κ3) is 4.30. The first-order valence-corrected chi connectivity index (χ1v) is 10.8. The van der Waals surface area contributed by atoms with Crippen LogP contribution in [0.15, 0.2) is 42.6 Å². The molecule has 1 aromatic heterocycles. The fourth-order valence-corrected chi connectivity index (χ4v) is 5.00. The van der Waals surface area contributed by atoms with Gasteiger partial charge in [0, 0.05) is 37.8 Å². The van der Waals surface area contributed by atoms with E-state index in [0.717, 1.165) is 45.0 Å². The van der Waals surface area contributed by atoms with Crippen molar-refractivity contribution in [3.63, 3.8) is 0 Å². The summed E-state index contributed by atoms with van der Waals surface area (Å²) in [6, 6.07) is 12.7. The molecule has 2 aliphatic rings. The van der Waals surface area contributed by atoms with Gasteiger partial charge in [0.25, 0.3) is 5.91 Å². The molecule has 0 radical (unpaired) electrons. The zero-order valence-electron chi connectivity index (χ0n) is 17.6. The minimum Gasteiger partial charge on any atom is -0.365 e. The van der Waals surface area contributed by atoms with E-state index in [0.29, 0.717) is 11.5 Å². The first-order chi connectivity index (χ1) is 14.0. The molecule has 3 heterocycles. The lowest BCUT2D eigenvalue weighted by molar-refractivity contribution is 0.0986. The third-order valence-electron chi connectivity index (χ3n) is 6.58. The molecule has 0 aliphatic carbocycles.